The zero-order chi connectivity index (χ0) is 18.8. The van der Waals surface area contributed by atoms with E-state index in [4.69, 9.17) is 4.74 Å². The fourth-order valence-electron chi connectivity index (χ4n) is 2.75. The van der Waals surface area contributed by atoms with Gasteiger partial charge < -0.3 is 14.5 Å². The maximum atomic E-state index is 13.0. The van der Waals surface area contributed by atoms with Crippen LogP contribution in [0.3, 0.4) is 0 Å². The predicted molar refractivity (Wildman–Crippen MR) is 94.3 cm³/mol. The molecule has 0 saturated carbocycles. The summed E-state index contributed by atoms with van der Waals surface area (Å²) in [4.78, 5) is 38.6. The van der Waals surface area contributed by atoms with Crippen LogP contribution in [0.1, 0.15) is 10.4 Å². The molecule has 0 N–H and O–H groups in total. The van der Waals surface area contributed by atoms with E-state index in [9.17, 15) is 19.7 Å². The fraction of sp³-hybridized carbons (Fsp3) is 0.222. The number of nitro benzene ring substituents is 1. The lowest BCUT2D eigenvalue weighted by Gasteiger charge is -2.35. The zero-order valence-electron chi connectivity index (χ0n) is 14.3. The number of para-hydroxylation sites is 2. The Labute approximate surface area is 149 Å². The van der Waals surface area contributed by atoms with Gasteiger partial charge in [-0.05, 0) is 18.2 Å². The summed E-state index contributed by atoms with van der Waals surface area (Å²) in [5.41, 5.74) is 0.525. The molecule has 0 fully saturated rings. The van der Waals surface area contributed by atoms with Crippen LogP contribution in [0.15, 0.2) is 48.5 Å². The predicted octanol–water partition coefficient (Wildman–Crippen LogP) is 2.09. The summed E-state index contributed by atoms with van der Waals surface area (Å²) >= 11 is 0. The molecular formula is C18H17N3O5. The van der Waals surface area contributed by atoms with E-state index in [0.29, 0.717) is 11.4 Å². The van der Waals surface area contributed by atoms with Crippen molar-refractivity contribution in [1.82, 2.24) is 4.90 Å². The first kappa shape index (κ1) is 17.4. The standard InChI is InChI=1S/C18H17N3O5/c1-19(2)18(23)16-11-20(14-8-3-4-9-15(14)26-16)17(22)12-6-5-7-13(10-12)21(24)25/h3-10,16H,11H2,1-2H3. The molecule has 0 saturated heterocycles. The third-order valence-corrected chi connectivity index (χ3v) is 4.04. The van der Waals surface area contributed by atoms with Gasteiger partial charge in [-0.25, -0.2) is 0 Å². The summed E-state index contributed by atoms with van der Waals surface area (Å²) in [6.45, 7) is 0.0234. The smallest absolute Gasteiger partial charge is 0.270 e. The van der Waals surface area contributed by atoms with Crippen molar-refractivity contribution in [3.63, 3.8) is 0 Å². The molecule has 0 aromatic heterocycles. The van der Waals surface area contributed by atoms with Crippen molar-refractivity contribution in [3.8, 4) is 5.75 Å². The van der Waals surface area contributed by atoms with Crippen LogP contribution in [0.25, 0.3) is 0 Å². The van der Waals surface area contributed by atoms with E-state index in [-0.39, 0.29) is 23.7 Å². The molecule has 134 valence electrons. The number of fused-ring (bicyclic) bond motifs is 1. The number of rotatable bonds is 3. The Balaban J connectivity index is 1.99. The van der Waals surface area contributed by atoms with E-state index in [0.717, 1.165) is 0 Å². The van der Waals surface area contributed by atoms with Crippen LogP contribution >= 0.6 is 0 Å². The van der Waals surface area contributed by atoms with Crippen LogP contribution in [-0.2, 0) is 4.79 Å². The first-order chi connectivity index (χ1) is 12.4. The molecule has 2 aromatic rings. The Morgan fingerprint density at radius 2 is 1.92 bits per heavy atom. The summed E-state index contributed by atoms with van der Waals surface area (Å²) in [6.07, 6.45) is -0.845. The Morgan fingerprint density at radius 1 is 1.19 bits per heavy atom. The maximum absolute atomic E-state index is 13.0. The maximum Gasteiger partial charge on any atom is 0.270 e. The topological polar surface area (TPSA) is 93.0 Å². The number of anilines is 1. The van der Waals surface area contributed by atoms with Crippen LogP contribution in [0.4, 0.5) is 11.4 Å². The van der Waals surface area contributed by atoms with Crippen molar-refractivity contribution in [2.45, 2.75) is 6.10 Å². The molecule has 2 aromatic carbocycles. The molecule has 26 heavy (non-hydrogen) atoms. The van der Waals surface area contributed by atoms with Gasteiger partial charge in [0.2, 0.25) is 0 Å². The van der Waals surface area contributed by atoms with Crippen molar-refractivity contribution in [2.24, 2.45) is 0 Å². The van der Waals surface area contributed by atoms with Gasteiger partial charge in [0.05, 0.1) is 17.2 Å². The van der Waals surface area contributed by atoms with Gasteiger partial charge in [0, 0.05) is 31.8 Å². The van der Waals surface area contributed by atoms with E-state index in [1.807, 2.05) is 0 Å². The minimum Gasteiger partial charge on any atom is -0.476 e. The van der Waals surface area contributed by atoms with E-state index in [1.165, 1.54) is 34.1 Å². The number of amides is 2. The first-order valence-electron chi connectivity index (χ1n) is 7.91. The number of nitrogens with zero attached hydrogens (tertiary/aromatic N) is 3. The molecule has 0 spiro atoms. The number of carbonyl (C=O) groups is 2. The normalized spacial score (nSPS) is 15.6. The number of carbonyl (C=O) groups excluding carboxylic acids is 2. The molecule has 1 unspecified atom stereocenters. The molecule has 3 rings (SSSR count). The van der Waals surface area contributed by atoms with Crippen molar-refractivity contribution in [3.05, 3.63) is 64.2 Å². The second-order valence-corrected chi connectivity index (χ2v) is 6.03. The average Bonchev–Trinajstić information content (AvgIpc) is 2.65. The molecule has 0 radical (unpaired) electrons. The molecule has 8 heteroatoms. The molecule has 0 aliphatic carbocycles. The molecule has 1 atom stereocenters. The van der Waals surface area contributed by atoms with Crippen LogP contribution in [0.5, 0.6) is 5.75 Å². The van der Waals surface area contributed by atoms with Crippen molar-refractivity contribution < 1.29 is 19.2 Å². The lowest BCUT2D eigenvalue weighted by atomic mass is 10.1. The SMILES string of the molecule is CN(C)C(=O)C1CN(C(=O)c2cccc([N+](=O)[O-])c2)c2ccccc2O1. The first-order valence-corrected chi connectivity index (χ1v) is 7.91. The lowest BCUT2D eigenvalue weighted by Crippen LogP contribution is -2.50. The van der Waals surface area contributed by atoms with Crippen LogP contribution in [-0.4, -0.2) is 48.4 Å². The number of hydrogen-bond acceptors (Lipinski definition) is 5. The second-order valence-electron chi connectivity index (χ2n) is 6.03. The highest BCUT2D eigenvalue weighted by atomic mass is 16.6. The van der Waals surface area contributed by atoms with Gasteiger partial charge in [-0.1, -0.05) is 18.2 Å². The summed E-state index contributed by atoms with van der Waals surface area (Å²) < 4.78 is 5.74. The summed E-state index contributed by atoms with van der Waals surface area (Å²) in [6, 6.07) is 12.4. The van der Waals surface area contributed by atoms with Gasteiger partial charge in [0.15, 0.2) is 6.10 Å². The van der Waals surface area contributed by atoms with E-state index < -0.39 is 16.9 Å². The van der Waals surface area contributed by atoms with Crippen LogP contribution in [0.2, 0.25) is 0 Å². The van der Waals surface area contributed by atoms with Crippen molar-refractivity contribution in [1.29, 1.82) is 0 Å². The van der Waals surface area contributed by atoms with Gasteiger partial charge >= 0.3 is 0 Å². The number of benzene rings is 2. The van der Waals surface area contributed by atoms with Gasteiger partial charge in [-0.3, -0.25) is 19.7 Å². The summed E-state index contributed by atoms with van der Waals surface area (Å²) in [5.74, 6) is -0.282. The largest absolute Gasteiger partial charge is 0.476 e. The highest BCUT2D eigenvalue weighted by Crippen LogP contribution is 2.34. The molecule has 8 nitrogen and oxygen atoms in total. The Kier molecular flexibility index (Phi) is 4.57. The monoisotopic (exact) mass is 355 g/mol. The number of likely N-dealkylation sites (N-methyl/N-ethyl adjacent to an activating group) is 1. The lowest BCUT2D eigenvalue weighted by molar-refractivity contribution is -0.384. The van der Waals surface area contributed by atoms with Gasteiger partial charge in [0.25, 0.3) is 17.5 Å². The minimum absolute atomic E-state index is 0.0234. The molecular weight excluding hydrogens is 338 g/mol. The summed E-state index contributed by atoms with van der Waals surface area (Å²) in [5, 5.41) is 11.0. The van der Waals surface area contributed by atoms with Crippen molar-refractivity contribution >= 4 is 23.2 Å². The fourth-order valence-corrected chi connectivity index (χ4v) is 2.75. The Hall–Kier alpha value is -3.42. The van der Waals surface area contributed by atoms with Gasteiger partial charge in [-0.15, -0.1) is 0 Å². The molecule has 1 aliphatic heterocycles. The number of nitro groups is 1. The van der Waals surface area contributed by atoms with Gasteiger partial charge in [0.1, 0.15) is 5.75 Å². The van der Waals surface area contributed by atoms with Crippen molar-refractivity contribution in [2.75, 3.05) is 25.5 Å². The number of non-ortho nitro benzene ring substituents is 1. The van der Waals surface area contributed by atoms with Crippen LogP contribution < -0.4 is 9.64 Å². The van der Waals surface area contributed by atoms with E-state index in [2.05, 4.69) is 0 Å². The summed E-state index contributed by atoms with van der Waals surface area (Å²) in [7, 11) is 3.22. The minimum atomic E-state index is -0.845. The second kappa shape index (κ2) is 6.83. The van der Waals surface area contributed by atoms with Crippen LogP contribution in [0, 0.1) is 10.1 Å². The average molecular weight is 355 g/mol. The molecule has 2 amide bonds. The highest BCUT2D eigenvalue weighted by Gasteiger charge is 2.35. The van der Waals surface area contributed by atoms with E-state index in [1.54, 1.807) is 38.4 Å². The third-order valence-electron chi connectivity index (χ3n) is 4.04. The highest BCUT2D eigenvalue weighted by molar-refractivity contribution is 6.08. The molecule has 1 aliphatic rings. The Bertz CT molecular complexity index is 881. The van der Waals surface area contributed by atoms with E-state index >= 15 is 0 Å². The number of hydrogen-bond donors (Lipinski definition) is 0. The van der Waals surface area contributed by atoms with Gasteiger partial charge in [-0.2, -0.15) is 0 Å². The quantitative estimate of drug-likeness (QED) is 0.621. The zero-order valence-corrected chi connectivity index (χ0v) is 14.3. The molecule has 0 bridgehead atoms. The number of ether oxygens (including phenoxy) is 1. The Morgan fingerprint density at radius 3 is 2.62 bits per heavy atom. The third kappa shape index (κ3) is 3.21. The molecule has 1 heterocycles.